The summed E-state index contributed by atoms with van der Waals surface area (Å²) in [6.45, 7) is 3.88. The molecular formula is C21H20N4O2. The van der Waals surface area contributed by atoms with Gasteiger partial charge in [-0.1, -0.05) is 30.3 Å². The molecule has 1 heterocycles. The Bertz CT molecular complexity index is 954. The molecule has 3 rings (SSSR count). The summed E-state index contributed by atoms with van der Waals surface area (Å²) in [5, 5.41) is 5.93. The Balaban J connectivity index is 1.70. The Kier molecular flexibility index (Phi) is 5.56. The molecule has 1 aromatic heterocycles. The number of anilines is 2. The molecule has 0 radical (unpaired) electrons. The predicted molar refractivity (Wildman–Crippen MR) is 105 cm³/mol. The minimum absolute atomic E-state index is 0.0200. The molecule has 27 heavy (non-hydrogen) atoms. The molecule has 6 nitrogen and oxygen atoms in total. The average Bonchev–Trinajstić information content (AvgIpc) is 2.67. The van der Waals surface area contributed by atoms with Gasteiger partial charge < -0.3 is 10.6 Å². The summed E-state index contributed by atoms with van der Waals surface area (Å²) in [7, 11) is 0. The van der Waals surface area contributed by atoms with Crippen molar-refractivity contribution in [2.24, 2.45) is 0 Å². The molecule has 0 atom stereocenters. The van der Waals surface area contributed by atoms with Gasteiger partial charge in [0.1, 0.15) is 5.69 Å². The third-order valence-corrected chi connectivity index (χ3v) is 3.93. The predicted octanol–water partition coefficient (Wildman–Crippen LogP) is 3.85. The van der Waals surface area contributed by atoms with Gasteiger partial charge in [0.25, 0.3) is 5.91 Å². The van der Waals surface area contributed by atoms with Crippen LogP contribution in [0.4, 0.5) is 11.6 Å². The Morgan fingerprint density at radius 1 is 0.963 bits per heavy atom. The first-order valence-electron chi connectivity index (χ1n) is 8.57. The molecule has 6 heteroatoms. The van der Waals surface area contributed by atoms with Gasteiger partial charge in [-0.3, -0.25) is 9.59 Å². The molecule has 0 aliphatic carbocycles. The molecule has 1 amide bonds. The molecule has 0 spiro atoms. The summed E-state index contributed by atoms with van der Waals surface area (Å²) in [6.07, 6.45) is 0. The summed E-state index contributed by atoms with van der Waals surface area (Å²) < 4.78 is 0. The van der Waals surface area contributed by atoms with Crippen LogP contribution in [0.25, 0.3) is 0 Å². The molecule has 0 fully saturated rings. The van der Waals surface area contributed by atoms with Gasteiger partial charge in [-0.25, -0.2) is 9.97 Å². The Hall–Kier alpha value is -3.54. The van der Waals surface area contributed by atoms with Gasteiger partial charge in [0.2, 0.25) is 5.95 Å². The summed E-state index contributed by atoms with van der Waals surface area (Å²) in [6, 6.07) is 18.3. The second-order valence-corrected chi connectivity index (χ2v) is 6.14. The van der Waals surface area contributed by atoms with E-state index >= 15 is 0 Å². The van der Waals surface area contributed by atoms with E-state index in [4.69, 9.17) is 0 Å². The molecule has 2 N–H and O–H groups in total. The zero-order chi connectivity index (χ0) is 19.2. The highest BCUT2D eigenvalue weighted by Crippen LogP contribution is 2.13. The fourth-order valence-electron chi connectivity index (χ4n) is 2.52. The first-order chi connectivity index (χ1) is 13.0. The molecule has 0 saturated carbocycles. The Morgan fingerprint density at radius 2 is 1.67 bits per heavy atom. The van der Waals surface area contributed by atoms with Crippen LogP contribution in [0.2, 0.25) is 0 Å². The van der Waals surface area contributed by atoms with E-state index in [0.29, 0.717) is 29.4 Å². The molecule has 0 aliphatic heterocycles. The minimum Gasteiger partial charge on any atom is -0.350 e. The first kappa shape index (κ1) is 18.3. The van der Waals surface area contributed by atoms with Gasteiger partial charge >= 0.3 is 0 Å². The number of carbonyl (C=O) groups excluding carboxylic acids is 2. The number of aromatic nitrogens is 2. The maximum Gasteiger partial charge on any atom is 0.274 e. The zero-order valence-corrected chi connectivity index (χ0v) is 15.2. The van der Waals surface area contributed by atoms with Gasteiger partial charge in [-0.2, -0.15) is 0 Å². The van der Waals surface area contributed by atoms with E-state index in [-0.39, 0.29) is 17.4 Å². The largest absolute Gasteiger partial charge is 0.350 e. The lowest BCUT2D eigenvalue weighted by Crippen LogP contribution is -2.16. The van der Waals surface area contributed by atoms with Gasteiger partial charge in [0.05, 0.1) is 0 Å². The van der Waals surface area contributed by atoms with Crippen molar-refractivity contribution in [2.45, 2.75) is 20.4 Å². The van der Waals surface area contributed by atoms with Crippen LogP contribution in [0, 0.1) is 6.92 Å². The topological polar surface area (TPSA) is 84.0 Å². The van der Waals surface area contributed by atoms with Gasteiger partial charge in [0.15, 0.2) is 5.78 Å². The second-order valence-electron chi connectivity index (χ2n) is 6.14. The van der Waals surface area contributed by atoms with Crippen LogP contribution in [-0.4, -0.2) is 21.7 Å². The highest BCUT2D eigenvalue weighted by atomic mass is 16.2. The smallest absolute Gasteiger partial charge is 0.274 e. The number of ketones is 1. The second kappa shape index (κ2) is 8.23. The SMILES string of the molecule is CC(=O)c1ccc(NC(=O)c2cc(C)nc(NCc3ccccc3)n2)cc1. The standard InChI is InChI=1S/C21H20N4O2/c1-14-12-19(20(27)24-18-10-8-17(9-11-18)15(2)26)25-21(23-14)22-13-16-6-4-3-5-7-16/h3-12H,13H2,1-2H3,(H,24,27)(H,22,23,25). The van der Waals surface area contributed by atoms with E-state index < -0.39 is 0 Å². The first-order valence-corrected chi connectivity index (χ1v) is 8.57. The van der Waals surface area contributed by atoms with E-state index in [2.05, 4.69) is 20.6 Å². The van der Waals surface area contributed by atoms with Crippen molar-refractivity contribution >= 4 is 23.3 Å². The van der Waals surface area contributed by atoms with Crippen LogP contribution in [0.1, 0.15) is 39.0 Å². The zero-order valence-electron chi connectivity index (χ0n) is 15.2. The minimum atomic E-state index is -0.334. The lowest BCUT2D eigenvalue weighted by molar-refractivity contribution is 0.101. The maximum atomic E-state index is 12.5. The number of nitrogens with one attached hydrogen (secondary N) is 2. The lowest BCUT2D eigenvalue weighted by Gasteiger charge is -2.09. The highest BCUT2D eigenvalue weighted by Gasteiger charge is 2.11. The number of nitrogens with zero attached hydrogens (tertiary/aromatic N) is 2. The number of hydrogen-bond donors (Lipinski definition) is 2. The number of Topliss-reactive ketones (excluding diaryl/α,β-unsaturated/α-hetero) is 1. The van der Waals surface area contributed by atoms with Crippen LogP contribution in [0.15, 0.2) is 60.7 Å². The van der Waals surface area contributed by atoms with Crippen molar-refractivity contribution in [3.05, 3.63) is 83.2 Å². The highest BCUT2D eigenvalue weighted by molar-refractivity contribution is 6.03. The number of rotatable bonds is 6. The van der Waals surface area contributed by atoms with Crippen LogP contribution >= 0.6 is 0 Å². The Labute approximate surface area is 157 Å². The molecule has 0 aliphatic rings. The summed E-state index contributed by atoms with van der Waals surface area (Å²) in [5.74, 6) is 0.0446. The average molecular weight is 360 g/mol. The molecule has 2 aromatic carbocycles. The van der Waals surface area contributed by atoms with Crippen LogP contribution < -0.4 is 10.6 Å². The number of aryl methyl sites for hydroxylation is 1. The number of benzene rings is 2. The van der Waals surface area contributed by atoms with Gasteiger partial charge in [0, 0.05) is 23.5 Å². The number of amides is 1. The van der Waals surface area contributed by atoms with Crippen molar-refractivity contribution in [3.63, 3.8) is 0 Å². The van der Waals surface area contributed by atoms with E-state index in [1.54, 1.807) is 30.3 Å². The van der Waals surface area contributed by atoms with Crippen molar-refractivity contribution in [1.82, 2.24) is 9.97 Å². The van der Waals surface area contributed by atoms with Gasteiger partial charge in [-0.05, 0) is 49.7 Å². The normalized spacial score (nSPS) is 10.3. The maximum absolute atomic E-state index is 12.5. The lowest BCUT2D eigenvalue weighted by atomic mass is 10.1. The summed E-state index contributed by atoms with van der Waals surface area (Å²) >= 11 is 0. The fraction of sp³-hybridized carbons (Fsp3) is 0.143. The molecule has 3 aromatic rings. The van der Waals surface area contributed by atoms with Crippen molar-refractivity contribution in [2.75, 3.05) is 10.6 Å². The monoisotopic (exact) mass is 360 g/mol. The Morgan fingerprint density at radius 3 is 2.33 bits per heavy atom. The van der Waals surface area contributed by atoms with E-state index in [0.717, 1.165) is 5.56 Å². The molecule has 0 unspecified atom stereocenters. The number of carbonyl (C=O) groups is 2. The van der Waals surface area contributed by atoms with Crippen LogP contribution in [-0.2, 0) is 6.54 Å². The number of hydrogen-bond acceptors (Lipinski definition) is 5. The van der Waals surface area contributed by atoms with Crippen molar-refractivity contribution in [3.8, 4) is 0 Å². The van der Waals surface area contributed by atoms with E-state index in [9.17, 15) is 9.59 Å². The summed E-state index contributed by atoms with van der Waals surface area (Å²) in [5.41, 5.74) is 3.25. The van der Waals surface area contributed by atoms with Gasteiger partial charge in [-0.15, -0.1) is 0 Å². The van der Waals surface area contributed by atoms with Crippen LogP contribution in [0.3, 0.4) is 0 Å². The molecule has 0 saturated heterocycles. The van der Waals surface area contributed by atoms with Crippen LogP contribution in [0.5, 0.6) is 0 Å². The third kappa shape index (κ3) is 4.98. The molecule has 0 bridgehead atoms. The third-order valence-electron chi connectivity index (χ3n) is 3.93. The molecule has 136 valence electrons. The quantitative estimate of drug-likeness (QED) is 0.652. The summed E-state index contributed by atoms with van der Waals surface area (Å²) in [4.78, 5) is 32.5. The fourth-order valence-corrected chi connectivity index (χ4v) is 2.52. The van der Waals surface area contributed by atoms with E-state index in [1.165, 1.54) is 6.92 Å². The van der Waals surface area contributed by atoms with Crippen molar-refractivity contribution < 1.29 is 9.59 Å². The van der Waals surface area contributed by atoms with E-state index in [1.807, 2.05) is 37.3 Å². The molecular weight excluding hydrogens is 340 g/mol. The van der Waals surface area contributed by atoms with Crippen molar-refractivity contribution in [1.29, 1.82) is 0 Å².